The van der Waals surface area contributed by atoms with Crippen molar-refractivity contribution in [3.8, 4) is 0 Å². The fraction of sp³-hybridized carbons (Fsp3) is 0.636. The van der Waals surface area contributed by atoms with E-state index < -0.39 is 0 Å². The number of hydrogen-bond acceptors (Lipinski definition) is 5. The van der Waals surface area contributed by atoms with E-state index in [9.17, 15) is 4.79 Å². The van der Waals surface area contributed by atoms with Crippen LogP contribution in [0.5, 0.6) is 0 Å². The lowest BCUT2D eigenvalue weighted by Crippen LogP contribution is -2.51. The van der Waals surface area contributed by atoms with Crippen LogP contribution in [0.25, 0.3) is 0 Å². The topological polar surface area (TPSA) is 78.4 Å². The fourth-order valence-electron chi connectivity index (χ4n) is 3.24. The van der Waals surface area contributed by atoms with E-state index in [4.69, 9.17) is 9.47 Å². The summed E-state index contributed by atoms with van der Waals surface area (Å²) >= 11 is 0. The number of benzene rings is 1. The smallest absolute Gasteiger partial charge is 0.243 e. The Hall–Kier alpha value is -1.59. The van der Waals surface area contributed by atoms with Gasteiger partial charge in [0, 0.05) is 79.6 Å². The lowest BCUT2D eigenvalue weighted by molar-refractivity contribution is -0.127. The van der Waals surface area contributed by atoms with Gasteiger partial charge in [0.15, 0.2) is 5.96 Å². The van der Waals surface area contributed by atoms with E-state index >= 15 is 0 Å². The first-order valence-corrected chi connectivity index (χ1v) is 10.6. The summed E-state index contributed by atoms with van der Waals surface area (Å²) in [5.74, 6) is 0.600. The summed E-state index contributed by atoms with van der Waals surface area (Å²) in [6.07, 6.45) is 2.61. The number of methoxy groups -OCH3 is 1. The lowest BCUT2D eigenvalue weighted by atomic mass is 9.94. The van der Waals surface area contributed by atoms with Crippen LogP contribution in [-0.2, 0) is 14.3 Å². The van der Waals surface area contributed by atoms with Crippen LogP contribution in [0.3, 0.4) is 0 Å². The molecule has 0 bridgehead atoms. The molecule has 1 aromatic rings. The Morgan fingerprint density at radius 1 is 1.16 bits per heavy atom. The minimum atomic E-state index is -0.264. The molecule has 0 saturated carbocycles. The Balaban J connectivity index is 0.00000480. The van der Waals surface area contributed by atoms with E-state index in [-0.39, 0.29) is 42.0 Å². The van der Waals surface area contributed by atoms with Gasteiger partial charge < -0.3 is 29.9 Å². The Labute approximate surface area is 203 Å². The van der Waals surface area contributed by atoms with Crippen LogP contribution in [-0.4, -0.2) is 90.0 Å². The van der Waals surface area contributed by atoms with Gasteiger partial charge in [0.25, 0.3) is 0 Å². The second-order valence-corrected chi connectivity index (χ2v) is 7.84. The molecule has 1 aliphatic rings. The zero-order valence-corrected chi connectivity index (χ0v) is 21.6. The highest BCUT2D eigenvalue weighted by Gasteiger charge is 2.32. The minimum absolute atomic E-state index is 0. The maximum Gasteiger partial charge on any atom is 0.243 e. The molecule has 1 aromatic carbocycles. The number of anilines is 1. The van der Waals surface area contributed by atoms with E-state index in [0.29, 0.717) is 25.7 Å². The van der Waals surface area contributed by atoms with Crippen LogP contribution in [0, 0.1) is 0 Å². The van der Waals surface area contributed by atoms with Crippen LogP contribution >= 0.6 is 24.0 Å². The number of aliphatic imine (C=N–C) groups is 1. The molecule has 1 saturated heterocycles. The Morgan fingerprint density at radius 2 is 1.84 bits per heavy atom. The van der Waals surface area contributed by atoms with Crippen LogP contribution < -0.4 is 15.5 Å². The van der Waals surface area contributed by atoms with Crippen molar-refractivity contribution in [2.45, 2.75) is 24.9 Å². The number of nitrogens with zero attached hydrogens (tertiary/aromatic N) is 3. The minimum Gasteiger partial charge on any atom is -0.381 e. The zero-order chi connectivity index (χ0) is 21.8. The second kappa shape index (κ2) is 14.5. The van der Waals surface area contributed by atoms with E-state index in [2.05, 4.69) is 39.7 Å². The fourth-order valence-corrected chi connectivity index (χ4v) is 3.24. The van der Waals surface area contributed by atoms with Crippen molar-refractivity contribution in [2.75, 3.05) is 72.5 Å². The molecule has 8 nitrogen and oxygen atoms in total. The van der Waals surface area contributed by atoms with Crippen molar-refractivity contribution >= 4 is 41.5 Å². The number of nitrogens with one attached hydrogen (secondary N) is 2. The second-order valence-electron chi connectivity index (χ2n) is 7.84. The van der Waals surface area contributed by atoms with Crippen molar-refractivity contribution in [1.29, 1.82) is 0 Å². The molecular weight excluding hydrogens is 509 g/mol. The van der Waals surface area contributed by atoms with Crippen molar-refractivity contribution in [3.63, 3.8) is 0 Å². The van der Waals surface area contributed by atoms with Crippen LogP contribution in [0.4, 0.5) is 5.69 Å². The summed E-state index contributed by atoms with van der Waals surface area (Å²) in [5, 5.41) is 6.73. The van der Waals surface area contributed by atoms with Crippen LogP contribution in [0.15, 0.2) is 35.3 Å². The van der Waals surface area contributed by atoms with E-state index in [1.807, 2.05) is 18.2 Å². The maximum atomic E-state index is 12.0. The molecule has 9 heteroatoms. The summed E-state index contributed by atoms with van der Waals surface area (Å²) in [5.41, 5.74) is 0.933. The molecular formula is C22H38IN5O3. The van der Waals surface area contributed by atoms with Crippen LogP contribution in [0.2, 0.25) is 0 Å². The summed E-state index contributed by atoms with van der Waals surface area (Å²) in [7, 11) is 7.30. The lowest BCUT2D eigenvalue weighted by Gasteiger charge is -2.36. The predicted molar refractivity (Wildman–Crippen MR) is 137 cm³/mol. The van der Waals surface area contributed by atoms with Crippen molar-refractivity contribution in [3.05, 3.63) is 30.3 Å². The molecule has 1 amide bonds. The number of halogens is 1. The Kier molecular flexibility index (Phi) is 12.8. The quantitative estimate of drug-likeness (QED) is 0.202. The van der Waals surface area contributed by atoms with Gasteiger partial charge in [-0.1, -0.05) is 18.2 Å². The summed E-state index contributed by atoms with van der Waals surface area (Å²) < 4.78 is 11.3. The number of para-hydroxylation sites is 1. The summed E-state index contributed by atoms with van der Waals surface area (Å²) in [6, 6.07) is 10.3. The number of carbonyl (C=O) groups excluding carboxylic acids is 1. The highest BCUT2D eigenvalue weighted by molar-refractivity contribution is 14.0. The molecule has 0 radical (unpaired) electrons. The number of amides is 1. The van der Waals surface area contributed by atoms with Gasteiger partial charge in [-0.2, -0.15) is 0 Å². The van der Waals surface area contributed by atoms with E-state index in [0.717, 1.165) is 32.4 Å². The van der Waals surface area contributed by atoms with Gasteiger partial charge in [0.05, 0.1) is 5.60 Å². The van der Waals surface area contributed by atoms with Crippen molar-refractivity contribution in [1.82, 2.24) is 15.5 Å². The number of ether oxygens (including phenoxy) is 2. The molecule has 176 valence electrons. The average Bonchev–Trinajstić information content (AvgIpc) is 2.78. The highest BCUT2D eigenvalue weighted by Crippen LogP contribution is 2.23. The zero-order valence-electron chi connectivity index (χ0n) is 19.2. The number of carbonyl (C=O) groups is 1. The molecule has 2 rings (SSSR count). The van der Waals surface area contributed by atoms with Gasteiger partial charge in [0.1, 0.15) is 6.54 Å². The number of hydrogen-bond donors (Lipinski definition) is 2. The van der Waals surface area contributed by atoms with Gasteiger partial charge in [-0.3, -0.25) is 4.79 Å². The third-order valence-corrected chi connectivity index (χ3v) is 5.45. The molecule has 0 unspecified atom stereocenters. The normalized spacial score (nSPS) is 15.5. The predicted octanol–water partition coefficient (Wildman–Crippen LogP) is 1.95. The number of guanidine groups is 1. The third kappa shape index (κ3) is 9.61. The molecule has 1 aliphatic heterocycles. The monoisotopic (exact) mass is 547 g/mol. The largest absolute Gasteiger partial charge is 0.381 e. The molecule has 0 spiro atoms. The molecule has 1 heterocycles. The average molecular weight is 547 g/mol. The first-order valence-electron chi connectivity index (χ1n) is 10.6. The third-order valence-electron chi connectivity index (χ3n) is 5.45. The van der Waals surface area contributed by atoms with Gasteiger partial charge in [-0.15, -0.1) is 24.0 Å². The SMILES string of the molecule is COC1(CNC(=NCC(=O)N(C)C)NCCCN(C)c2ccccc2)CCOCC1.I. The van der Waals surface area contributed by atoms with E-state index in [1.54, 1.807) is 26.1 Å². The molecule has 0 atom stereocenters. The van der Waals surface area contributed by atoms with Gasteiger partial charge in [0.2, 0.25) is 5.91 Å². The molecule has 2 N–H and O–H groups in total. The van der Waals surface area contributed by atoms with Gasteiger partial charge >= 0.3 is 0 Å². The van der Waals surface area contributed by atoms with Crippen LogP contribution in [0.1, 0.15) is 19.3 Å². The standard InChI is InChI=1S/C22H37N5O3.HI/c1-26(2)20(28)17-24-21(25-18-22(29-4)11-15-30-16-12-22)23-13-8-14-27(3)19-9-6-5-7-10-19;/h5-7,9-10H,8,11-18H2,1-4H3,(H2,23,24,25);1H. The molecule has 31 heavy (non-hydrogen) atoms. The molecule has 1 fully saturated rings. The summed E-state index contributed by atoms with van der Waals surface area (Å²) in [4.78, 5) is 20.2. The van der Waals surface area contributed by atoms with Crippen molar-refractivity contribution < 1.29 is 14.3 Å². The Morgan fingerprint density at radius 3 is 2.45 bits per heavy atom. The summed E-state index contributed by atoms with van der Waals surface area (Å²) in [6.45, 7) is 3.79. The number of likely N-dealkylation sites (N-methyl/N-ethyl adjacent to an activating group) is 1. The number of rotatable bonds is 10. The first-order chi connectivity index (χ1) is 14.5. The molecule has 0 aromatic heterocycles. The Bertz CT molecular complexity index is 666. The van der Waals surface area contributed by atoms with Gasteiger partial charge in [-0.05, 0) is 18.6 Å². The van der Waals surface area contributed by atoms with E-state index in [1.165, 1.54) is 5.69 Å². The maximum absolute atomic E-state index is 12.0. The highest BCUT2D eigenvalue weighted by atomic mass is 127. The first kappa shape index (κ1) is 27.4. The molecule has 0 aliphatic carbocycles. The van der Waals surface area contributed by atoms with Gasteiger partial charge in [-0.25, -0.2) is 4.99 Å². The van der Waals surface area contributed by atoms with Crippen molar-refractivity contribution in [2.24, 2.45) is 4.99 Å².